The van der Waals surface area contributed by atoms with Crippen LogP contribution < -0.4 is 10.7 Å². The largest absolute Gasteiger partial charge is 0.334 e. The SMILES string of the molecule is CC(C)c1ccc(/C=[N+]2\NC(=O)[C@@H](NC(=O)c3ccc(Cl)cc3)[C@@H]2c2ccc(Cl)cc2)cc1. The first-order valence-corrected chi connectivity index (χ1v) is 11.4. The second-order valence-corrected chi connectivity index (χ2v) is 9.16. The van der Waals surface area contributed by atoms with Crippen LogP contribution in [0.25, 0.3) is 0 Å². The van der Waals surface area contributed by atoms with E-state index in [1.807, 2.05) is 30.5 Å². The van der Waals surface area contributed by atoms with E-state index in [2.05, 4.69) is 36.7 Å². The van der Waals surface area contributed by atoms with Crippen molar-refractivity contribution in [2.24, 2.45) is 0 Å². The molecule has 3 aromatic rings. The van der Waals surface area contributed by atoms with Crippen molar-refractivity contribution in [3.8, 4) is 0 Å². The molecule has 168 valence electrons. The minimum Gasteiger partial charge on any atom is -0.334 e. The Morgan fingerprint density at radius 3 is 2.09 bits per heavy atom. The fourth-order valence-electron chi connectivity index (χ4n) is 3.79. The number of carbonyl (C=O) groups is 2. The third-order valence-electron chi connectivity index (χ3n) is 5.63. The van der Waals surface area contributed by atoms with E-state index in [0.717, 1.165) is 11.1 Å². The number of amides is 2. The van der Waals surface area contributed by atoms with Crippen LogP contribution in [0.4, 0.5) is 0 Å². The second kappa shape index (κ2) is 9.77. The van der Waals surface area contributed by atoms with Crippen molar-refractivity contribution in [3.05, 3.63) is 105 Å². The molecule has 0 unspecified atom stereocenters. The number of hydrogen-bond acceptors (Lipinski definition) is 2. The Labute approximate surface area is 203 Å². The summed E-state index contributed by atoms with van der Waals surface area (Å²) < 4.78 is 1.74. The zero-order valence-corrected chi connectivity index (χ0v) is 19.8. The molecule has 0 aliphatic carbocycles. The Bertz CT molecular complexity index is 1190. The van der Waals surface area contributed by atoms with Gasteiger partial charge in [-0.15, -0.1) is 10.1 Å². The van der Waals surface area contributed by atoms with Crippen molar-refractivity contribution in [1.82, 2.24) is 10.7 Å². The lowest BCUT2D eigenvalue weighted by molar-refractivity contribution is -0.596. The summed E-state index contributed by atoms with van der Waals surface area (Å²) in [5, 5.41) is 4.01. The molecule has 1 aliphatic heterocycles. The molecule has 2 amide bonds. The first kappa shape index (κ1) is 23.0. The van der Waals surface area contributed by atoms with Gasteiger partial charge in [-0.1, -0.05) is 61.3 Å². The third-order valence-corrected chi connectivity index (χ3v) is 6.14. The average Bonchev–Trinajstić information content (AvgIpc) is 3.09. The number of nitrogens with one attached hydrogen (secondary N) is 2. The second-order valence-electron chi connectivity index (χ2n) is 8.29. The van der Waals surface area contributed by atoms with Gasteiger partial charge in [0, 0.05) is 26.7 Å². The number of hydrazine groups is 1. The lowest BCUT2D eigenvalue weighted by atomic mass is 9.99. The van der Waals surface area contributed by atoms with Gasteiger partial charge in [0.2, 0.25) is 12.3 Å². The molecule has 0 aromatic heterocycles. The number of carbonyl (C=O) groups excluding carboxylic acids is 2. The molecule has 2 atom stereocenters. The fourth-order valence-corrected chi connectivity index (χ4v) is 4.05. The number of benzene rings is 3. The van der Waals surface area contributed by atoms with Crippen LogP contribution in [0.2, 0.25) is 10.0 Å². The first-order chi connectivity index (χ1) is 15.8. The van der Waals surface area contributed by atoms with E-state index in [1.54, 1.807) is 41.1 Å². The summed E-state index contributed by atoms with van der Waals surface area (Å²) in [6.07, 6.45) is 1.87. The summed E-state index contributed by atoms with van der Waals surface area (Å²) in [7, 11) is 0. The van der Waals surface area contributed by atoms with Crippen molar-refractivity contribution in [3.63, 3.8) is 0 Å². The number of hydrogen-bond donors (Lipinski definition) is 2. The average molecular weight is 481 g/mol. The highest BCUT2D eigenvalue weighted by molar-refractivity contribution is 6.30. The monoisotopic (exact) mass is 480 g/mol. The summed E-state index contributed by atoms with van der Waals surface area (Å²) in [5.74, 6) is -0.221. The van der Waals surface area contributed by atoms with Crippen LogP contribution in [-0.2, 0) is 4.79 Å². The van der Waals surface area contributed by atoms with Gasteiger partial charge < -0.3 is 5.32 Å². The van der Waals surface area contributed by atoms with Gasteiger partial charge in [-0.2, -0.15) is 0 Å². The number of hydrazone groups is 1. The van der Waals surface area contributed by atoms with Crippen LogP contribution in [0.15, 0.2) is 72.8 Å². The van der Waals surface area contributed by atoms with E-state index >= 15 is 0 Å². The zero-order valence-electron chi connectivity index (χ0n) is 18.3. The molecular weight excluding hydrogens is 457 g/mol. The summed E-state index contributed by atoms with van der Waals surface area (Å²) >= 11 is 12.0. The topological polar surface area (TPSA) is 61.2 Å². The van der Waals surface area contributed by atoms with Crippen LogP contribution in [-0.4, -0.2) is 28.8 Å². The van der Waals surface area contributed by atoms with E-state index in [-0.39, 0.29) is 11.8 Å². The zero-order chi connectivity index (χ0) is 23.5. The molecule has 2 N–H and O–H groups in total. The van der Waals surface area contributed by atoms with Crippen LogP contribution >= 0.6 is 23.2 Å². The highest BCUT2D eigenvalue weighted by Gasteiger charge is 2.47. The van der Waals surface area contributed by atoms with Crippen molar-refractivity contribution in [2.45, 2.75) is 31.8 Å². The molecule has 33 heavy (non-hydrogen) atoms. The molecule has 0 saturated carbocycles. The van der Waals surface area contributed by atoms with Gasteiger partial charge in [0.15, 0.2) is 6.04 Å². The molecule has 1 fully saturated rings. The maximum Gasteiger partial charge on any atom is 0.304 e. The van der Waals surface area contributed by atoms with E-state index in [9.17, 15) is 9.59 Å². The molecule has 0 radical (unpaired) electrons. The molecular formula is C26H24Cl2N3O2+. The molecule has 1 aliphatic rings. The highest BCUT2D eigenvalue weighted by atomic mass is 35.5. The smallest absolute Gasteiger partial charge is 0.304 e. The predicted octanol–water partition coefficient (Wildman–Crippen LogP) is 5.13. The summed E-state index contributed by atoms with van der Waals surface area (Å²) in [6, 6.07) is 20.7. The van der Waals surface area contributed by atoms with Crippen molar-refractivity contribution in [2.75, 3.05) is 0 Å². The summed E-state index contributed by atoms with van der Waals surface area (Å²) in [6.45, 7) is 4.29. The van der Waals surface area contributed by atoms with Gasteiger partial charge in [0.25, 0.3) is 5.91 Å². The van der Waals surface area contributed by atoms with Crippen molar-refractivity contribution < 1.29 is 14.3 Å². The normalized spacial score (nSPS) is 19.1. The van der Waals surface area contributed by atoms with Gasteiger partial charge in [0.1, 0.15) is 0 Å². The first-order valence-electron chi connectivity index (χ1n) is 10.7. The standard InChI is InChI=1S/C26H23Cl2N3O2/c1-16(2)18-5-3-17(4-6-18)15-31-24(19-7-11-21(27)12-8-19)23(26(33)30-31)29-25(32)20-9-13-22(28)14-10-20/h3-16,23-24H,1-2H3,(H-,29,30,32,33)/p+1/b31-15-/t23-,24-/m0/s1. The van der Waals surface area contributed by atoms with Gasteiger partial charge in [0.05, 0.1) is 0 Å². The van der Waals surface area contributed by atoms with Crippen LogP contribution in [0.1, 0.15) is 52.9 Å². The highest BCUT2D eigenvalue weighted by Crippen LogP contribution is 2.27. The molecule has 0 spiro atoms. The van der Waals surface area contributed by atoms with E-state index in [1.165, 1.54) is 5.56 Å². The fraction of sp³-hybridized carbons (Fsp3) is 0.192. The minimum atomic E-state index is -0.805. The van der Waals surface area contributed by atoms with E-state index < -0.39 is 12.1 Å². The van der Waals surface area contributed by atoms with Crippen molar-refractivity contribution in [1.29, 1.82) is 0 Å². The summed E-state index contributed by atoms with van der Waals surface area (Å²) in [4.78, 5) is 25.8. The Kier molecular flexibility index (Phi) is 6.82. The number of rotatable bonds is 5. The number of nitrogens with zero attached hydrogens (tertiary/aromatic N) is 1. The Balaban J connectivity index is 1.68. The van der Waals surface area contributed by atoms with Crippen molar-refractivity contribution >= 4 is 41.2 Å². The number of halogens is 2. The Morgan fingerprint density at radius 2 is 1.52 bits per heavy atom. The lowest BCUT2D eigenvalue weighted by Crippen LogP contribution is -2.42. The molecule has 1 saturated heterocycles. The molecule has 5 nitrogen and oxygen atoms in total. The van der Waals surface area contributed by atoms with Crippen LogP contribution in [0, 0.1) is 0 Å². The quantitative estimate of drug-likeness (QED) is 0.497. The Hall–Kier alpha value is -3.15. The van der Waals surface area contributed by atoms with E-state index in [4.69, 9.17) is 23.2 Å². The molecule has 1 heterocycles. The van der Waals surface area contributed by atoms with Gasteiger partial charge in [-0.25, -0.2) is 0 Å². The maximum absolute atomic E-state index is 13.0. The van der Waals surface area contributed by atoms with E-state index in [0.29, 0.717) is 21.5 Å². The third kappa shape index (κ3) is 5.27. The van der Waals surface area contributed by atoms with Gasteiger partial charge in [-0.05, 0) is 60.0 Å². The maximum atomic E-state index is 13.0. The molecule has 3 aromatic carbocycles. The van der Waals surface area contributed by atoms with Gasteiger partial charge in [-0.3, -0.25) is 9.59 Å². The van der Waals surface area contributed by atoms with Gasteiger partial charge >= 0.3 is 5.91 Å². The van der Waals surface area contributed by atoms with Crippen LogP contribution in [0.5, 0.6) is 0 Å². The lowest BCUT2D eigenvalue weighted by Gasteiger charge is -2.15. The summed E-state index contributed by atoms with van der Waals surface area (Å²) in [5.41, 5.74) is 6.33. The molecule has 4 rings (SSSR count). The minimum absolute atomic E-state index is 0.299. The molecule has 0 bridgehead atoms. The predicted molar refractivity (Wildman–Crippen MR) is 131 cm³/mol. The van der Waals surface area contributed by atoms with Crippen LogP contribution in [0.3, 0.4) is 0 Å². The Morgan fingerprint density at radius 1 is 0.939 bits per heavy atom. The molecule has 7 heteroatoms.